The number of ether oxygens (including phenoxy) is 1. The Hall–Kier alpha value is 0.0590. The van der Waals surface area contributed by atoms with E-state index in [1.165, 1.54) is 10.9 Å². The first-order chi connectivity index (χ1) is 5.36. The van der Waals surface area contributed by atoms with Crippen LogP contribution in [0, 0.1) is 0 Å². The van der Waals surface area contributed by atoms with Crippen LogP contribution in [0.2, 0.25) is 0 Å². The fourth-order valence-electron chi connectivity index (χ4n) is 0.796. The summed E-state index contributed by atoms with van der Waals surface area (Å²) in [5, 5.41) is 1.19. The quantitative estimate of drug-likeness (QED) is 0.741. The van der Waals surface area contributed by atoms with Gasteiger partial charge in [0.25, 0.3) is 0 Å². The van der Waals surface area contributed by atoms with Gasteiger partial charge in [-0.25, -0.2) is 0 Å². The molecule has 1 aromatic carbocycles. The Morgan fingerprint density at radius 2 is 2.00 bits per heavy atom. The summed E-state index contributed by atoms with van der Waals surface area (Å²) in [4.78, 5) is 0. The van der Waals surface area contributed by atoms with Gasteiger partial charge in [0.15, 0.2) is 0 Å². The molecule has 1 aromatic rings. The zero-order chi connectivity index (χ0) is 8.10. The maximum atomic E-state index is 5.05. The van der Waals surface area contributed by atoms with Gasteiger partial charge in [0.05, 0.1) is 0 Å². The number of rotatable bonds is 3. The predicted octanol–water partition coefficient (Wildman–Crippen LogP) is 0.715. The minimum absolute atomic E-state index is 0.668. The second kappa shape index (κ2) is 4.84. The van der Waals surface area contributed by atoms with Crippen molar-refractivity contribution in [3.8, 4) is 5.75 Å². The summed E-state index contributed by atoms with van der Waals surface area (Å²) < 4.78 is 5.05. The van der Waals surface area contributed by atoms with E-state index in [2.05, 4.69) is 26.3 Å². The zero-order valence-corrected chi connectivity index (χ0v) is 9.87. The van der Waals surface area contributed by atoms with Crippen LogP contribution >= 0.6 is 0 Å². The Bertz CT molecular complexity index is 208. The van der Waals surface area contributed by atoms with Crippen LogP contribution < -0.4 is 4.74 Å². The normalized spacial score (nSPS) is 9.64. The molecule has 0 fully saturated rings. The van der Waals surface area contributed by atoms with E-state index in [-0.39, 0.29) is 0 Å². The molecule has 0 bridgehead atoms. The molecule has 0 aliphatic rings. The average molecular weight is 280 g/mol. The molecule has 0 aromatic heterocycles. The van der Waals surface area contributed by atoms with Gasteiger partial charge in [-0.1, -0.05) is 0 Å². The second-order valence-corrected chi connectivity index (χ2v) is 6.08. The molecule has 60 valence electrons. The fraction of sp³-hybridized carbons (Fsp3) is 0.250. The van der Waals surface area contributed by atoms with Crippen LogP contribution in [-0.2, 0) is 5.32 Å². The van der Waals surface area contributed by atoms with E-state index < -0.39 is 0 Å². The van der Waals surface area contributed by atoms with Crippen molar-refractivity contribution in [1.82, 2.24) is 0 Å². The first-order valence-electron chi connectivity index (χ1n) is 3.26. The van der Waals surface area contributed by atoms with E-state index in [0.717, 1.165) is 5.75 Å². The molecule has 0 aliphatic heterocycles. The molecule has 0 radical (unpaired) electrons. The zero-order valence-electron chi connectivity index (χ0n) is 6.28. The summed E-state index contributed by atoms with van der Waals surface area (Å²) in [5.74, 6) is 0.937. The van der Waals surface area contributed by atoms with Gasteiger partial charge in [-0.15, -0.1) is 0 Å². The van der Waals surface area contributed by atoms with Gasteiger partial charge >= 0.3 is 80.1 Å². The topological polar surface area (TPSA) is 9.23 Å². The minimum atomic E-state index is 0.668. The molecule has 0 heterocycles. The average Bonchev–Trinajstić information content (AvgIpc) is 2.07. The molecule has 0 unspecified atom stereocenters. The van der Waals surface area contributed by atoms with Gasteiger partial charge in [-0.05, 0) is 0 Å². The molecule has 0 amide bonds. The molecule has 0 spiro atoms. The van der Waals surface area contributed by atoms with Crippen LogP contribution in [-0.4, -0.2) is 34.4 Å². The van der Waals surface area contributed by atoms with E-state index >= 15 is 0 Å². The van der Waals surface area contributed by atoms with Crippen LogP contribution in [0.4, 0.5) is 0 Å². The second-order valence-electron chi connectivity index (χ2n) is 2.12. The molecule has 0 saturated carbocycles. The first kappa shape index (κ1) is 9.15. The third-order valence-electron chi connectivity index (χ3n) is 1.39. The Labute approximate surface area is 80.0 Å². The van der Waals surface area contributed by atoms with Crippen molar-refractivity contribution in [3.05, 3.63) is 29.8 Å². The van der Waals surface area contributed by atoms with E-state index in [1.807, 2.05) is 12.1 Å². The van der Waals surface area contributed by atoms with Crippen molar-refractivity contribution in [2.75, 3.05) is 7.11 Å². The predicted molar refractivity (Wildman–Crippen MR) is 49.6 cm³/mol. The standard InChI is InChI=1S/C8H10OSe2/c1-9-8-4-2-7(3-5-8)6-11-10/h2-5,10H,6H2,1H3. The molecule has 0 atom stereocenters. The molecule has 0 aliphatic carbocycles. The van der Waals surface area contributed by atoms with Crippen molar-refractivity contribution >= 4 is 27.3 Å². The molecular weight excluding hydrogens is 270 g/mol. The third kappa shape index (κ3) is 2.88. The summed E-state index contributed by atoms with van der Waals surface area (Å²) in [5.41, 5.74) is 1.39. The molecule has 1 rings (SSSR count). The van der Waals surface area contributed by atoms with Gasteiger partial charge < -0.3 is 0 Å². The van der Waals surface area contributed by atoms with E-state index in [0.29, 0.717) is 13.1 Å². The number of methoxy groups -OCH3 is 1. The Morgan fingerprint density at radius 1 is 1.36 bits per heavy atom. The van der Waals surface area contributed by atoms with Crippen LogP contribution in [0.3, 0.4) is 0 Å². The summed E-state index contributed by atoms with van der Waals surface area (Å²) in [6.07, 6.45) is 0. The van der Waals surface area contributed by atoms with Gasteiger partial charge in [-0.2, -0.15) is 0 Å². The van der Waals surface area contributed by atoms with Gasteiger partial charge in [-0.3, -0.25) is 0 Å². The molecule has 3 heteroatoms. The van der Waals surface area contributed by atoms with Crippen LogP contribution in [0.1, 0.15) is 5.56 Å². The maximum absolute atomic E-state index is 5.05. The summed E-state index contributed by atoms with van der Waals surface area (Å²) in [7, 11) is 1.69. The molecule has 1 nitrogen and oxygen atoms in total. The van der Waals surface area contributed by atoms with Gasteiger partial charge in [0.1, 0.15) is 0 Å². The van der Waals surface area contributed by atoms with E-state index in [1.54, 1.807) is 7.11 Å². The van der Waals surface area contributed by atoms with Crippen molar-refractivity contribution in [1.29, 1.82) is 0 Å². The van der Waals surface area contributed by atoms with Crippen molar-refractivity contribution < 1.29 is 4.74 Å². The van der Waals surface area contributed by atoms with Crippen LogP contribution in [0.15, 0.2) is 24.3 Å². The Balaban J connectivity index is 2.66. The number of benzene rings is 1. The van der Waals surface area contributed by atoms with E-state index in [9.17, 15) is 0 Å². The van der Waals surface area contributed by atoms with Gasteiger partial charge in [0, 0.05) is 0 Å². The van der Waals surface area contributed by atoms with E-state index in [4.69, 9.17) is 4.74 Å². The van der Waals surface area contributed by atoms with Crippen LogP contribution in [0.25, 0.3) is 0 Å². The van der Waals surface area contributed by atoms with Crippen LogP contribution in [0.5, 0.6) is 5.75 Å². The fourth-order valence-corrected chi connectivity index (χ4v) is 3.14. The summed E-state index contributed by atoms with van der Waals surface area (Å²) in [6.45, 7) is 0. The van der Waals surface area contributed by atoms with Gasteiger partial charge in [0.2, 0.25) is 0 Å². The first-order valence-corrected chi connectivity index (χ1v) is 9.22. The number of hydrogen-bond acceptors (Lipinski definition) is 1. The Morgan fingerprint density at radius 3 is 2.45 bits per heavy atom. The number of hydrogen-bond donors (Lipinski definition) is 0. The summed E-state index contributed by atoms with van der Waals surface area (Å²) in [6, 6.07) is 8.25. The van der Waals surface area contributed by atoms with Crippen molar-refractivity contribution in [3.63, 3.8) is 0 Å². The van der Waals surface area contributed by atoms with Crippen molar-refractivity contribution in [2.45, 2.75) is 5.32 Å². The molecular formula is C8H10OSe2. The summed E-state index contributed by atoms with van der Waals surface area (Å²) >= 11 is 3.32. The molecule has 0 saturated heterocycles. The third-order valence-corrected chi connectivity index (χ3v) is 3.77. The van der Waals surface area contributed by atoms with Crippen molar-refractivity contribution in [2.24, 2.45) is 0 Å². The molecule has 11 heavy (non-hydrogen) atoms. The Kier molecular flexibility index (Phi) is 4.03. The monoisotopic (exact) mass is 282 g/mol. The molecule has 0 N–H and O–H groups in total. The SMILES string of the molecule is COc1ccc(C[Se][SeH])cc1.